The maximum Gasteiger partial charge on any atom is 0.339 e. The zero-order chi connectivity index (χ0) is 21.0. The van der Waals surface area contributed by atoms with E-state index in [0.29, 0.717) is 18.0 Å². The van der Waals surface area contributed by atoms with E-state index >= 15 is 0 Å². The second kappa shape index (κ2) is 8.76. The number of aromatic carboxylic acids is 1. The molecule has 3 aromatic carbocycles. The van der Waals surface area contributed by atoms with E-state index in [1.54, 1.807) is 18.2 Å². The van der Waals surface area contributed by atoms with Gasteiger partial charge in [0.25, 0.3) is 11.3 Å². The van der Waals surface area contributed by atoms with Crippen LogP contribution in [0, 0.1) is 0 Å². The molecule has 0 amide bonds. The van der Waals surface area contributed by atoms with Crippen LogP contribution in [0.5, 0.6) is 11.5 Å². The fraction of sp³-hybridized carbons (Fsp3) is 0.0952. The highest BCUT2D eigenvalue weighted by molar-refractivity contribution is 7.81. The van der Waals surface area contributed by atoms with E-state index < -0.39 is 23.0 Å². The second-order valence-corrected chi connectivity index (χ2v) is 6.87. The van der Waals surface area contributed by atoms with Crippen LogP contribution >= 0.6 is 0 Å². The van der Waals surface area contributed by atoms with E-state index in [4.69, 9.17) is 9.84 Å². The molecule has 0 aliphatic carbocycles. The maximum atomic E-state index is 12.0. The minimum atomic E-state index is -2.45. The third kappa shape index (κ3) is 4.56. The van der Waals surface area contributed by atoms with Gasteiger partial charge < -0.3 is 14.9 Å². The lowest BCUT2D eigenvalue weighted by Gasteiger charge is -2.21. The van der Waals surface area contributed by atoms with Crippen LogP contribution in [0.3, 0.4) is 0 Å². The van der Waals surface area contributed by atoms with Gasteiger partial charge in [0.2, 0.25) is 0 Å². The summed E-state index contributed by atoms with van der Waals surface area (Å²) in [7, 11) is 0. The summed E-state index contributed by atoms with van der Waals surface area (Å²) in [5, 5.41) is 19.0. The largest absolute Gasteiger partial charge is 0.507 e. The Morgan fingerprint density at radius 3 is 2.28 bits per heavy atom. The first-order valence-corrected chi connectivity index (χ1v) is 9.77. The van der Waals surface area contributed by atoms with Crippen molar-refractivity contribution in [3.05, 3.63) is 72.3 Å². The first kappa shape index (κ1) is 20.4. The summed E-state index contributed by atoms with van der Waals surface area (Å²) in [5.74, 6) is -1.07. The van der Waals surface area contributed by atoms with E-state index in [9.17, 15) is 18.7 Å². The Bertz CT molecular complexity index is 1070. The molecule has 0 bridgehead atoms. The fourth-order valence-electron chi connectivity index (χ4n) is 2.90. The van der Waals surface area contributed by atoms with Gasteiger partial charge in [0, 0.05) is 6.07 Å². The molecule has 150 valence electrons. The van der Waals surface area contributed by atoms with E-state index in [0.717, 1.165) is 21.5 Å². The lowest BCUT2D eigenvalue weighted by Crippen LogP contribution is -2.19. The molecule has 0 saturated carbocycles. The summed E-state index contributed by atoms with van der Waals surface area (Å²) in [6.45, 7) is 2.43. The van der Waals surface area contributed by atoms with Crippen LogP contribution in [0.25, 0.3) is 11.1 Å². The molecule has 1 unspecified atom stereocenters. The van der Waals surface area contributed by atoms with Crippen molar-refractivity contribution in [3.8, 4) is 22.6 Å². The normalized spacial score (nSPS) is 11.7. The SMILES string of the molecule is CCOc1cccc(-c2cccc(N(c3ccc(C(=O)O)c(O)c3)S(=O)O)c2)c1. The number of carboxylic acids is 1. The van der Waals surface area contributed by atoms with Crippen LogP contribution in [0.1, 0.15) is 17.3 Å². The quantitative estimate of drug-likeness (QED) is 0.495. The minimum Gasteiger partial charge on any atom is -0.507 e. The number of benzene rings is 3. The Kier molecular flexibility index (Phi) is 6.16. The number of hydrogen-bond donors (Lipinski definition) is 3. The second-order valence-electron chi connectivity index (χ2n) is 6.04. The molecule has 3 aromatic rings. The molecule has 0 radical (unpaired) electrons. The van der Waals surface area contributed by atoms with Crippen LogP contribution in [0.4, 0.5) is 11.4 Å². The molecule has 7 nitrogen and oxygen atoms in total. The molecule has 1 atom stereocenters. The van der Waals surface area contributed by atoms with Gasteiger partial charge in [0.15, 0.2) is 0 Å². The molecule has 0 fully saturated rings. The van der Waals surface area contributed by atoms with Crippen molar-refractivity contribution in [2.24, 2.45) is 0 Å². The van der Waals surface area contributed by atoms with Crippen molar-refractivity contribution in [2.75, 3.05) is 10.9 Å². The minimum absolute atomic E-state index is 0.175. The molecule has 0 spiro atoms. The number of rotatable bonds is 7. The summed E-state index contributed by atoms with van der Waals surface area (Å²) in [6.07, 6.45) is 0. The molecule has 8 heteroatoms. The van der Waals surface area contributed by atoms with Gasteiger partial charge in [-0.1, -0.05) is 24.3 Å². The van der Waals surface area contributed by atoms with Crippen molar-refractivity contribution in [1.82, 2.24) is 0 Å². The first-order chi connectivity index (χ1) is 13.9. The van der Waals surface area contributed by atoms with Crippen molar-refractivity contribution in [1.29, 1.82) is 0 Å². The number of phenols is 1. The average molecular weight is 413 g/mol. The molecular formula is C21H19NO6S. The van der Waals surface area contributed by atoms with Gasteiger partial charge in [-0.25, -0.2) is 13.3 Å². The predicted octanol–water partition coefficient (Wildman–Crippen LogP) is 4.43. The van der Waals surface area contributed by atoms with Gasteiger partial charge in [-0.2, -0.15) is 0 Å². The molecule has 3 N–H and O–H groups in total. The van der Waals surface area contributed by atoms with E-state index in [1.807, 2.05) is 37.3 Å². The lowest BCUT2D eigenvalue weighted by atomic mass is 10.0. The maximum absolute atomic E-state index is 12.0. The first-order valence-electron chi connectivity index (χ1n) is 8.71. The monoisotopic (exact) mass is 413 g/mol. The lowest BCUT2D eigenvalue weighted by molar-refractivity contribution is 0.0693. The Morgan fingerprint density at radius 1 is 1.00 bits per heavy atom. The van der Waals surface area contributed by atoms with Gasteiger partial charge in [-0.05, 0) is 54.4 Å². The molecular weight excluding hydrogens is 394 g/mol. The Balaban J connectivity index is 2.03. The van der Waals surface area contributed by atoms with Crippen LogP contribution in [0.15, 0.2) is 66.7 Å². The smallest absolute Gasteiger partial charge is 0.339 e. The van der Waals surface area contributed by atoms with Crippen molar-refractivity contribution in [3.63, 3.8) is 0 Å². The number of nitrogens with zero attached hydrogens (tertiary/aromatic N) is 1. The summed E-state index contributed by atoms with van der Waals surface area (Å²) in [6, 6.07) is 18.1. The Hall–Kier alpha value is -3.36. The van der Waals surface area contributed by atoms with E-state index in [-0.39, 0.29) is 11.3 Å². The topological polar surface area (TPSA) is 107 Å². The van der Waals surface area contributed by atoms with Crippen LogP contribution in [-0.4, -0.2) is 31.6 Å². The summed E-state index contributed by atoms with van der Waals surface area (Å²) in [4.78, 5) is 11.1. The average Bonchev–Trinajstić information content (AvgIpc) is 2.68. The number of aromatic hydroxyl groups is 1. The highest BCUT2D eigenvalue weighted by atomic mass is 32.2. The van der Waals surface area contributed by atoms with Crippen molar-refractivity contribution >= 4 is 28.6 Å². The van der Waals surface area contributed by atoms with Gasteiger partial charge in [-0.15, -0.1) is 0 Å². The standard InChI is InChI=1S/C21H19NO6S/c1-2-28-18-8-4-6-15(12-18)14-5-3-7-16(11-14)22(29(26)27)17-9-10-19(21(24)25)20(23)13-17/h3-13,23H,2H2,1H3,(H,24,25)(H,26,27). The third-order valence-corrected chi connectivity index (χ3v) is 4.90. The number of anilines is 2. The molecule has 0 heterocycles. The van der Waals surface area contributed by atoms with Crippen molar-refractivity contribution in [2.45, 2.75) is 6.92 Å². The zero-order valence-corrected chi connectivity index (χ0v) is 16.3. The number of ether oxygens (including phenoxy) is 1. The molecule has 0 aliphatic rings. The Morgan fingerprint density at radius 2 is 1.66 bits per heavy atom. The highest BCUT2D eigenvalue weighted by Gasteiger charge is 2.19. The molecule has 3 rings (SSSR count). The summed E-state index contributed by atoms with van der Waals surface area (Å²) < 4.78 is 28.5. The molecule has 0 aromatic heterocycles. The van der Waals surface area contributed by atoms with Crippen LogP contribution in [-0.2, 0) is 11.3 Å². The molecule has 0 saturated heterocycles. The van der Waals surface area contributed by atoms with Gasteiger partial charge >= 0.3 is 5.97 Å². The van der Waals surface area contributed by atoms with Gasteiger partial charge in [0.1, 0.15) is 17.1 Å². The van der Waals surface area contributed by atoms with Gasteiger partial charge in [-0.3, -0.25) is 4.55 Å². The van der Waals surface area contributed by atoms with Crippen LogP contribution < -0.4 is 9.04 Å². The predicted molar refractivity (Wildman–Crippen MR) is 111 cm³/mol. The Labute approximate surface area is 170 Å². The highest BCUT2D eigenvalue weighted by Crippen LogP contribution is 2.34. The number of carbonyl (C=O) groups is 1. The zero-order valence-electron chi connectivity index (χ0n) is 15.5. The summed E-state index contributed by atoms with van der Waals surface area (Å²) in [5.41, 5.74) is 1.94. The molecule has 0 aliphatic heterocycles. The fourth-order valence-corrected chi connectivity index (χ4v) is 3.49. The van der Waals surface area contributed by atoms with Crippen molar-refractivity contribution < 1.29 is 28.5 Å². The van der Waals surface area contributed by atoms with E-state index in [2.05, 4.69) is 0 Å². The third-order valence-electron chi connectivity index (χ3n) is 4.16. The number of carboxylic acid groups (broad SMARTS) is 1. The van der Waals surface area contributed by atoms with Gasteiger partial charge in [0.05, 0.1) is 18.0 Å². The summed E-state index contributed by atoms with van der Waals surface area (Å²) >= 11 is -2.45. The van der Waals surface area contributed by atoms with Crippen LogP contribution in [0.2, 0.25) is 0 Å². The number of hydrogen-bond acceptors (Lipinski definition) is 4. The van der Waals surface area contributed by atoms with E-state index in [1.165, 1.54) is 12.1 Å². The molecule has 29 heavy (non-hydrogen) atoms.